The van der Waals surface area contributed by atoms with E-state index in [0.29, 0.717) is 0 Å². The monoisotopic (exact) mass is 477 g/mol. The number of rotatable bonds is 3. The molecule has 1 heterocycles. The van der Waals surface area contributed by atoms with Gasteiger partial charge < -0.3 is 0 Å². The van der Waals surface area contributed by atoms with Gasteiger partial charge in [-0.3, -0.25) is 9.36 Å². The molecule has 0 amide bonds. The number of hydrogen-bond acceptors (Lipinski definition) is 1. The van der Waals surface area contributed by atoms with Crippen molar-refractivity contribution >= 4 is 28.2 Å². The zero-order chi connectivity index (χ0) is 25.3. The Morgan fingerprint density at radius 3 is 2.11 bits per heavy atom. The fourth-order valence-electron chi connectivity index (χ4n) is 6.42. The van der Waals surface area contributed by atoms with Gasteiger partial charge in [0.25, 0.3) is 0 Å². The van der Waals surface area contributed by atoms with E-state index in [-0.39, 0.29) is 5.41 Å². The first-order chi connectivity index (χ1) is 18.0. The average molecular weight is 478 g/mol. The third-order valence-electron chi connectivity index (χ3n) is 8.27. The first kappa shape index (κ1) is 21.8. The second-order valence-corrected chi connectivity index (χ2v) is 10.6. The van der Waals surface area contributed by atoms with Crippen molar-refractivity contribution in [3.8, 4) is 33.4 Å². The van der Waals surface area contributed by atoms with Gasteiger partial charge in [-0.2, -0.15) is 0 Å². The van der Waals surface area contributed by atoms with Crippen molar-refractivity contribution < 1.29 is 4.79 Å². The van der Waals surface area contributed by atoms with Crippen molar-refractivity contribution in [2.24, 2.45) is 0 Å². The summed E-state index contributed by atoms with van der Waals surface area (Å²) in [5.74, 6) is 0. The van der Waals surface area contributed by atoms with Gasteiger partial charge in [-0.05, 0) is 63.6 Å². The van der Waals surface area contributed by atoms with Crippen LogP contribution < -0.4 is 0 Å². The Morgan fingerprint density at radius 1 is 0.649 bits per heavy atom. The predicted molar refractivity (Wildman–Crippen MR) is 155 cm³/mol. The number of carbonyl (C=O) groups excluding carboxylic acids is 1. The molecule has 178 valence electrons. The van der Waals surface area contributed by atoms with Gasteiger partial charge in [0.05, 0.1) is 11.0 Å². The molecule has 5 aromatic carbocycles. The molecule has 37 heavy (non-hydrogen) atoms. The van der Waals surface area contributed by atoms with Crippen molar-refractivity contribution in [1.29, 1.82) is 0 Å². The number of hydrogen-bond donors (Lipinski definition) is 0. The summed E-state index contributed by atoms with van der Waals surface area (Å²) in [5, 5.41) is 2.23. The Balaban J connectivity index is 1.66. The first-order valence-electron chi connectivity index (χ1n) is 12.8. The van der Waals surface area contributed by atoms with E-state index in [1.54, 1.807) is 0 Å². The highest BCUT2D eigenvalue weighted by atomic mass is 16.1. The molecule has 2 heteroatoms. The van der Waals surface area contributed by atoms with Gasteiger partial charge in [0.2, 0.25) is 6.41 Å². The molecule has 2 nitrogen and oxygen atoms in total. The standard InChI is InChI=1S/C35H27NO/c1-22-11-7-8-14-24(22)33-25(23-12-5-4-6-13-23)17-18-27-29-19-31-28(20-32(29)36(21-37)34(27)33)26-15-9-10-16-30(26)35(31,2)3/h4-21H,1-3H3. The normalized spacial score (nSPS) is 13.6. The molecule has 1 aromatic heterocycles. The third-order valence-corrected chi connectivity index (χ3v) is 8.27. The summed E-state index contributed by atoms with van der Waals surface area (Å²) in [6.45, 7) is 6.74. The Labute approximate surface area is 216 Å². The van der Waals surface area contributed by atoms with Crippen LogP contribution in [0.3, 0.4) is 0 Å². The van der Waals surface area contributed by atoms with Crippen LogP contribution in [0.1, 0.15) is 30.5 Å². The van der Waals surface area contributed by atoms with Crippen LogP contribution in [0.4, 0.5) is 0 Å². The number of fused-ring (bicyclic) bond motifs is 6. The Hall–Kier alpha value is -4.43. The zero-order valence-electron chi connectivity index (χ0n) is 21.2. The van der Waals surface area contributed by atoms with Crippen LogP contribution in [0.2, 0.25) is 0 Å². The summed E-state index contributed by atoms with van der Waals surface area (Å²) in [4.78, 5) is 12.8. The van der Waals surface area contributed by atoms with Crippen molar-refractivity contribution in [3.05, 3.63) is 120 Å². The minimum Gasteiger partial charge on any atom is -0.282 e. The number of nitrogens with zero attached hydrogens (tertiary/aromatic N) is 1. The summed E-state index contributed by atoms with van der Waals surface area (Å²) in [7, 11) is 0. The van der Waals surface area contributed by atoms with Crippen LogP contribution in [-0.4, -0.2) is 11.0 Å². The SMILES string of the molecule is Cc1ccccc1-c1c(-c2ccccc2)ccc2c3cc4c(cc3n(C=O)c12)-c1ccccc1C4(C)C. The van der Waals surface area contributed by atoms with E-state index in [2.05, 4.69) is 118 Å². The van der Waals surface area contributed by atoms with Crippen molar-refractivity contribution in [3.63, 3.8) is 0 Å². The van der Waals surface area contributed by atoms with E-state index in [9.17, 15) is 4.79 Å². The van der Waals surface area contributed by atoms with Gasteiger partial charge in [0, 0.05) is 21.8 Å². The summed E-state index contributed by atoms with van der Waals surface area (Å²) < 4.78 is 1.87. The second-order valence-electron chi connectivity index (χ2n) is 10.6. The molecule has 0 N–H and O–H groups in total. The quantitative estimate of drug-likeness (QED) is 0.233. The molecule has 0 spiro atoms. The molecule has 0 saturated heterocycles. The highest BCUT2D eigenvalue weighted by Gasteiger charge is 2.36. The van der Waals surface area contributed by atoms with Crippen LogP contribution in [0.25, 0.3) is 55.2 Å². The first-order valence-corrected chi connectivity index (χ1v) is 12.8. The highest BCUT2D eigenvalue weighted by Crippen LogP contribution is 2.51. The zero-order valence-corrected chi connectivity index (χ0v) is 21.2. The molecule has 6 aromatic rings. The number of carbonyl (C=O) groups is 1. The Bertz CT molecular complexity index is 1870. The van der Waals surface area contributed by atoms with Gasteiger partial charge in [0.15, 0.2) is 0 Å². The minimum atomic E-state index is -0.0987. The molecule has 0 atom stereocenters. The van der Waals surface area contributed by atoms with Crippen molar-refractivity contribution in [2.45, 2.75) is 26.2 Å². The van der Waals surface area contributed by atoms with Crippen molar-refractivity contribution in [2.75, 3.05) is 0 Å². The molecule has 7 rings (SSSR count). The van der Waals surface area contributed by atoms with Crippen LogP contribution in [0.5, 0.6) is 0 Å². The van der Waals surface area contributed by atoms with Crippen LogP contribution >= 0.6 is 0 Å². The molecule has 0 radical (unpaired) electrons. The van der Waals surface area contributed by atoms with E-state index in [4.69, 9.17) is 0 Å². The molecular weight excluding hydrogens is 450 g/mol. The number of benzene rings is 5. The van der Waals surface area contributed by atoms with Crippen LogP contribution in [0.15, 0.2) is 103 Å². The molecule has 1 aliphatic rings. The maximum absolute atomic E-state index is 12.8. The van der Waals surface area contributed by atoms with Gasteiger partial charge >= 0.3 is 0 Å². The minimum absolute atomic E-state index is 0.0987. The largest absolute Gasteiger partial charge is 0.282 e. The maximum Gasteiger partial charge on any atom is 0.218 e. The van der Waals surface area contributed by atoms with E-state index in [0.717, 1.165) is 50.5 Å². The maximum atomic E-state index is 12.8. The molecule has 0 unspecified atom stereocenters. The lowest BCUT2D eigenvalue weighted by Crippen LogP contribution is -2.14. The summed E-state index contributed by atoms with van der Waals surface area (Å²) >= 11 is 0. The summed E-state index contributed by atoms with van der Waals surface area (Å²) in [6, 6.07) is 36.6. The fraction of sp³-hybridized carbons (Fsp3) is 0.114. The highest BCUT2D eigenvalue weighted by molar-refractivity contribution is 6.19. The molecular formula is C35H27NO. The molecule has 0 aliphatic heterocycles. The number of aromatic nitrogens is 1. The van der Waals surface area contributed by atoms with Gasteiger partial charge in [-0.15, -0.1) is 0 Å². The Kier molecular flexibility index (Phi) is 4.59. The molecule has 0 saturated carbocycles. The predicted octanol–water partition coefficient (Wildman–Crippen LogP) is 8.78. The summed E-state index contributed by atoms with van der Waals surface area (Å²) in [5.41, 5.74) is 12.7. The van der Waals surface area contributed by atoms with Gasteiger partial charge in [0.1, 0.15) is 0 Å². The lowest BCUT2D eigenvalue weighted by Gasteiger charge is -2.21. The van der Waals surface area contributed by atoms with Crippen LogP contribution in [-0.2, 0) is 10.2 Å². The summed E-state index contributed by atoms with van der Waals surface area (Å²) in [6.07, 6.45) is 0.986. The smallest absolute Gasteiger partial charge is 0.218 e. The van der Waals surface area contributed by atoms with Crippen LogP contribution in [0, 0.1) is 6.92 Å². The second kappa shape index (κ2) is 7.78. The van der Waals surface area contributed by atoms with E-state index < -0.39 is 0 Å². The van der Waals surface area contributed by atoms with E-state index >= 15 is 0 Å². The topological polar surface area (TPSA) is 22.0 Å². The molecule has 1 aliphatic carbocycles. The average Bonchev–Trinajstić information content (AvgIpc) is 3.36. The molecule has 0 bridgehead atoms. The van der Waals surface area contributed by atoms with Gasteiger partial charge in [-0.25, -0.2) is 0 Å². The lowest BCUT2D eigenvalue weighted by atomic mass is 9.82. The lowest BCUT2D eigenvalue weighted by molar-refractivity contribution is 0.550. The fourth-order valence-corrected chi connectivity index (χ4v) is 6.42. The van der Waals surface area contributed by atoms with E-state index in [1.165, 1.54) is 27.8 Å². The Morgan fingerprint density at radius 2 is 1.35 bits per heavy atom. The van der Waals surface area contributed by atoms with E-state index in [1.807, 2.05) is 10.6 Å². The van der Waals surface area contributed by atoms with Gasteiger partial charge in [-0.1, -0.05) is 105 Å². The third kappa shape index (κ3) is 2.96. The number of aryl methyl sites for hydroxylation is 1. The van der Waals surface area contributed by atoms with Crippen molar-refractivity contribution in [1.82, 2.24) is 4.57 Å². The molecule has 0 fully saturated rings.